The number of carbonyl (C=O) groups excluding carboxylic acids is 2. The molecule has 1 amide bonds. The molecule has 1 aromatic carbocycles. The van der Waals surface area contributed by atoms with Crippen LogP contribution in [0.4, 0.5) is 0 Å². The van der Waals surface area contributed by atoms with E-state index in [9.17, 15) is 9.59 Å². The molecule has 1 spiro atoms. The van der Waals surface area contributed by atoms with Crippen LogP contribution in [-0.4, -0.2) is 49.7 Å². The van der Waals surface area contributed by atoms with E-state index in [2.05, 4.69) is 10.1 Å². The first-order valence-electron chi connectivity index (χ1n) is 7.64. The van der Waals surface area contributed by atoms with Crippen LogP contribution in [0.5, 0.6) is 5.75 Å². The molecular weight excluding hydrogens is 332 g/mol. The molecule has 0 atom stereocenters. The van der Waals surface area contributed by atoms with E-state index in [1.54, 1.807) is 30.2 Å². The highest BCUT2D eigenvalue weighted by atomic mass is 35.5. The molecule has 0 bridgehead atoms. The predicted molar refractivity (Wildman–Crippen MR) is 92.3 cm³/mol. The largest absolute Gasteiger partial charge is 0.467 e. The summed E-state index contributed by atoms with van der Waals surface area (Å²) in [5.74, 6) is 0.114. The van der Waals surface area contributed by atoms with Crippen molar-refractivity contribution in [3.63, 3.8) is 0 Å². The van der Waals surface area contributed by atoms with Gasteiger partial charge in [-0.25, -0.2) is 4.79 Å². The third kappa shape index (κ3) is 3.25. The standard InChI is InChI=1S/C17H20N2O4.ClH/c1-19-16(21)13-11-12(4-6-15(20)22-2)3-5-14(13)23-17(19)7-9-18-10-8-17;/h3-6,11,18H,7-10H2,1-2H3;1H. The Morgan fingerprint density at radius 1 is 1.38 bits per heavy atom. The molecule has 7 heteroatoms. The Balaban J connectivity index is 0.00000208. The second kappa shape index (κ2) is 7.23. The van der Waals surface area contributed by atoms with Crippen LogP contribution < -0.4 is 10.1 Å². The first-order valence-corrected chi connectivity index (χ1v) is 7.64. The van der Waals surface area contributed by atoms with Crippen molar-refractivity contribution in [1.82, 2.24) is 10.2 Å². The molecule has 0 aromatic heterocycles. The van der Waals surface area contributed by atoms with Gasteiger partial charge in [-0.3, -0.25) is 4.79 Å². The highest BCUT2D eigenvalue weighted by molar-refractivity contribution is 5.99. The van der Waals surface area contributed by atoms with Crippen LogP contribution in [0.25, 0.3) is 6.08 Å². The zero-order chi connectivity index (χ0) is 16.4. The SMILES string of the molecule is COC(=O)C=Cc1ccc2c(c1)C(=O)N(C)C1(CCNCC1)O2.Cl. The number of amides is 1. The summed E-state index contributed by atoms with van der Waals surface area (Å²) in [6.45, 7) is 1.65. The second-order valence-corrected chi connectivity index (χ2v) is 5.77. The van der Waals surface area contributed by atoms with Crippen LogP contribution in [0.1, 0.15) is 28.8 Å². The topological polar surface area (TPSA) is 67.9 Å². The fourth-order valence-corrected chi connectivity index (χ4v) is 3.03. The van der Waals surface area contributed by atoms with Crippen molar-refractivity contribution in [3.8, 4) is 5.75 Å². The molecule has 2 aliphatic rings. The fraction of sp³-hybridized carbons (Fsp3) is 0.412. The Hall–Kier alpha value is -2.05. The van der Waals surface area contributed by atoms with E-state index in [-0.39, 0.29) is 18.3 Å². The lowest BCUT2D eigenvalue weighted by Crippen LogP contribution is -2.61. The Kier molecular flexibility index (Phi) is 5.51. The zero-order valence-corrected chi connectivity index (χ0v) is 14.5. The molecule has 130 valence electrons. The minimum absolute atomic E-state index is 0. The van der Waals surface area contributed by atoms with Crippen molar-refractivity contribution in [2.75, 3.05) is 27.2 Å². The van der Waals surface area contributed by atoms with Crippen LogP contribution in [0, 0.1) is 0 Å². The van der Waals surface area contributed by atoms with Gasteiger partial charge in [0.1, 0.15) is 5.75 Å². The first kappa shape index (κ1) is 18.3. The van der Waals surface area contributed by atoms with Gasteiger partial charge in [-0.15, -0.1) is 12.4 Å². The van der Waals surface area contributed by atoms with Gasteiger partial charge in [0, 0.05) is 39.1 Å². The molecule has 2 aliphatic heterocycles. The summed E-state index contributed by atoms with van der Waals surface area (Å²) >= 11 is 0. The van der Waals surface area contributed by atoms with E-state index in [0.717, 1.165) is 31.5 Å². The van der Waals surface area contributed by atoms with Gasteiger partial charge in [-0.1, -0.05) is 6.07 Å². The number of piperidine rings is 1. The number of nitrogens with zero attached hydrogens (tertiary/aromatic N) is 1. The van der Waals surface area contributed by atoms with Crippen molar-refractivity contribution in [3.05, 3.63) is 35.4 Å². The molecule has 0 unspecified atom stereocenters. The maximum absolute atomic E-state index is 12.7. The Morgan fingerprint density at radius 2 is 2.08 bits per heavy atom. The third-order valence-corrected chi connectivity index (χ3v) is 4.45. The number of carbonyl (C=O) groups is 2. The average molecular weight is 353 g/mol. The Morgan fingerprint density at radius 3 is 2.75 bits per heavy atom. The molecular formula is C17H21ClN2O4. The number of hydrogen-bond donors (Lipinski definition) is 1. The van der Waals surface area contributed by atoms with Crippen molar-refractivity contribution >= 4 is 30.4 Å². The van der Waals surface area contributed by atoms with Gasteiger partial charge < -0.3 is 19.7 Å². The van der Waals surface area contributed by atoms with Gasteiger partial charge in [0.15, 0.2) is 5.72 Å². The van der Waals surface area contributed by atoms with Gasteiger partial charge in [-0.05, 0) is 23.8 Å². The lowest BCUT2D eigenvalue weighted by Gasteiger charge is -2.47. The summed E-state index contributed by atoms with van der Waals surface area (Å²) in [6, 6.07) is 5.36. The van der Waals surface area contributed by atoms with E-state index in [1.807, 2.05) is 6.07 Å². The van der Waals surface area contributed by atoms with Crippen LogP contribution in [-0.2, 0) is 9.53 Å². The van der Waals surface area contributed by atoms with Crippen molar-refractivity contribution < 1.29 is 19.1 Å². The van der Waals surface area contributed by atoms with Crippen LogP contribution >= 0.6 is 12.4 Å². The van der Waals surface area contributed by atoms with Gasteiger partial charge in [0.05, 0.1) is 12.7 Å². The normalized spacial score (nSPS) is 18.8. The lowest BCUT2D eigenvalue weighted by atomic mass is 9.95. The number of halogens is 1. The molecule has 2 heterocycles. The molecule has 0 saturated carbocycles. The predicted octanol–water partition coefficient (Wildman–Crippen LogP) is 1.84. The van der Waals surface area contributed by atoms with Crippen molar-refractivity contribution in [1.29, 1.82) is 0 Å². The molecule has 1 saturated heterocycles. The van der Waals surface area contributed by atoms with Gasteiger partial charge in [0.2, 0.25) is 0 Å². The lowest BCUT2D eigenvalue weighted by molar-refractivity contribution is -0.134. The maximum Gasteiger partial charge on any atom is 0.330 e. The number of ether oxygens (including phenoxy) is 2. The van der Waals surface area contributed by atoms with Gasteiger partial charge >= 0.3 is 5.97 Å². The third-order valence-electron chi connectivity index (χ3n) is 4.45. The van der Waals surface area contributed by atoms with E-state index in [4.69, 9.17) is 4.74 Å². The summed E-state index contributed by atoms with van der Waals surface area (Å²) < 4.78 is 10.8. The van der Waals surface area contributed by atoms with E-state index >= 15 is 0 Å². The summed E-state index contributed by atoms with van der Waals surface area (Å²) in [6.07, 6.45) is 4.47. The summed E-state index contributed by atoms with van der Waals surface area (Å²) in [7, 11) is 3.11. The van der Waals surface area contributed by atoms with E-state index in [1.165, 1.54) is 13.2 Å². The van der Waals surface area contributed by atoms with Crippen molar-refractivity contribution in [2.24, 2.45) is 0 Å². The zero-order valence-electron chi connectivity index (χ0n) is 13.7. The van der Waals surface area contributed by atoms with Crippen LogP contribution in [0.3, 0.4) is 0 Å². The first-order chi connectivity index (χ1) is 11.1. The smallest absolute Gasteiger partial charge is 0.330 e. The molecule has 1 aromatic rings. The Bertz CT molecular complexity index is 669. The summed E-state index contributed by atoms with van der Waals surface area (Å²) in [5.41, 5.74) is 0.711. The monoisotopic (exact) mass is 352 g/mol. The quantitative estimate of drug-likeness (QED) is 0.649. The molecule has 0 radical (unpaired) electrons. The molecule has 1 fully saturated rings. The van der Waals surface area contributed by atoms with Crippen LogP contribution in [0.15, 0.2) is 24.3 Å². The summed E-state index contributed by atoms with van der Waals surface area (Å²) in [4.78, 5) is 25.6. The minimum atomic E-state index is -0.557. The van der Waals surface area contributed by atoms with E-state index in [0.29, 0.717) is 11.3 Å². The average Bonchev–Trinajstić information content (AvgIpc) is 2.59. The number of benzene rings is 1. The molecule has 6 nitrogen and oxygen atoms in total. The number of esters is 1. The van der Waals surface area contributed by atoms with Gasteiger partial charge in [0.25, 0.3) is 5.91 Å². The molecule has 24 heavy (non-hydrogen) atoms. The second-order valence-electron chi connectivity index (χ2n) is 5.77. The number of methoxy groups -OCH3 is 1. The van der Waals surface area contributed by atoms with E-state index < -0.39 is 11.7 Å². The summed E-state index contributed by atoms with van der Waals surface area (Å²) in [5, 5.41) is 3.29. The number of fused-ring (bicyclic) bond motifs is 1. The molecule has 1 N–H and O–H groups in total. The molecule has 3 rings (SSSR count). The highest BCUT2D eigenvalue weighted by Gasteiger charge is 2.45. The molecule has 0 aliphatic carbocycles. The maximum atomic E-state index is 12.7. The number of nitrogens with one attached hydrogen (secondary N) is 1. The number of hydrogen-bond acceptors (Lipinski definition) is 5. The fourth-order valence-electron chi connectivity index (χ4n) is 3.03. The van der Waals surface area contributed by atoms with Crippen LogP contribution in [0.2, 0.25) is 0 Å². The highest BCUT2D eigenvalue weighted by Crippen LogP contribution is 2.37. The van der Waals surface area contributed by atoms with Crippen molar-refractivity contribution in [2.45, 2.75) is 18.6 Å². The Labute approximate surface area is 147 Å². The number of rotatable bonds is 2. The van der Waals surface area contributed by atoms with Gasteiger partial charge in [-0.2, -0.15) is 0 Å². The minimum Gasteiger partial charge on any atom is -0.467 e.